The molecule has 1 fully saturated rings. The number of hydrogen-bond donors (Lipinski definition) is 4. The van der Waals surface area contributed by atoms with Crippen molar-refractivity contribution in [2.24, 2.45) is 0 Å². The Morgan fingerprint density at radius 3 is 2.72 bits per heavy atom. The first-order valence-corrected chi connectivity index (χ1v) is 10.4. The van der Waals surface area contributed by atoms with Crippen LogP contribution in [-0.4, -0.2) is 72.9 Å². The van der Waals surface area contributed by atoms with E-state index in [4.69, 9.17) is 9.47 Å². The van der Waals surface area contributed by atoms with Crippen molar-refractivity contribution in [3.63, 3.8) is 0 Å². The number of imidazole rings is 1. The number of aliphatic hydroxyl groups excluding tert-OH is 3. The van der Waals surface area contributed by atoms with Crippen molar-refractivity contribution in [2.45, 2.75) is 37.9 Å². The number of anilines is 1. The molecule has 10 nitrogen and oxygen atoms in total. The lowest BCUT2D eigenvalue weighted by Gasteiger charge is -2.16. The van der Waals surface area contributed by atoms with Gasteiger partial charge in [-0.05, 0) is 24.5 Å². The number of rotatable bonds is 7. The van der Waals surface area contributed by atoms with Gasteiger partial charge in [0.2, 0.25) is 5.82 Å². The molecule has 10 heteroatoms. The summed E-state index contributed by atoms with van der Waals surface area (Å²) in [7, 11) is 0. The molecule has 32 heavy (non-hydrogen) atoms. The quantitative estimate of drug-likeness (QED) is 0.392. The van der Waals surface area contributed by atoms with E-state index in [1.54, 1.807) is 0 Å². The van der Waals surface area contributed by atoms with Crippen molar-refractivity contribution in [2.75, 3.05) is 25.1 Å². The average Bonchev–Trinajstić information content (AvgIpc) is 3.36. The summed E-state index contributed by atoms with van der Waals surface area (Å²) in [5, 5.41) is 33.1. The Morgan fingerprint density at radius 1 is 1.19 bits per heavy atom. The maximum Gasteiger partial charge on any atom is 0.209 e. The first kappa shape index (κ1) is 22.0. The Kier molecular flexibility index (Phi) is 6.82. The van der Waals surface area contributed by atoms with E-state index in [0.29, 0.717) is 29.3 Å². The van der Waals surface area contributed by atoms with E-state index >= 15 is 0 Å². The summed E-state index contributed by atoms with van der Waals surface area (Å²) < 4.78 is 12.7. The number of para-hydroxylation sites is 1. The summed E-state index contributed by atoms with van der Waals surface area (Å²) in [6.45, 7) is 2.45. The van der Waals surface area contributed by atoms with E-state index in [9.17, 15) is 15.3 Å². The molecule has 1 saturated heterocycles. The number of aromatic nitrogens is 4. The molecule has 3 heterocycles. The van der Waals surface area contributed by atoms with Crippen molar-refractivity contribution in [1.82, 2.24) is 19.5 Å². The number of benzene rings is 1. The second-order valence-corrected chi connectivity index (χ2v) is 7.28. The van der Waals surface area contributed by atoms with Gasteiger partial charge in [-0.15, -0.1) is 0 Å². The van der Waals surface area contributed by atoms with Gasteiger partial charge in [0.1, 0.15) is 30.7 Å². The fourth-order valence-corrected chi connectivity index (χ4v) is 3.39. The monoisotopic (exact) mass is 439 g/mol. The Morgan fingerprint density at radius 2 is 2.00 bits per heavy atom. The smallest absolute Gasteiger partial charge is 0.209 e. The summed E-state index contributed by atoms with van der Waals surface area (Å²) in [4.78, 5) is 13.3. The second kappa shape index (κ2) is 9.93. The minimum Gasteiger partial charge on any atom is -0.481 e. The highest BCUT2D eigenvalue weighted by molar-refractivity contribution is 5.83. The van der Waals surface area contributed by atoms with Gasteiger partial charge in [-0.2, -0.15) is 0 Å². The number of hydrogen-bond acceptors (Lipinski definition) is 9. The summed E-state index contributed by atoms with van der Waals surface area (Å²) in [6, 6.07) is 9.35. The Bertz CT molecular complexity index is 1110. The predicted molar refractivity (Wildman–Crippen MR) is 116 cm³/mol. The lowest BCUT2D eigenvalue weighted by Crippen LogP contribution is -2.33. The largest absolute Gasteiger partial charge is 0.481 e. The van der Waals surface area contributed by atoms with Crippen LogP contribution >= 0.6 is 0 Å². The number of ether oxygens (including phenoxy) is 2. The third-order valence-electron chi connectivity index (χ3n) is 5.01. The van der Waals surface area contributed by atoms with Crippen molar-refractivity contribution < 1.29 is 24.8 Å². The van der Waals surface area contributed by atoms with Crippen molar-refractivity contribution in [3.8, 4) is 17.6 Å². The van der Waals surface area contributed by atoms with Crippen LogP contribution in [0.15, 0.2) is 36.7 Å². The molecule has 0 aliphatic carbocycles. The summed E-state index contributed by atoms with van der Waals surface area (Å²) in [5.74, 6) is 7.28. The van der Waals surface area contributed by atoms with Gasteiger partial charge in [0.05, 0.1) is 12.9 Å². The summed E-state index contributed by atoms with van der Waals surface area (Å²) in [5.41, 5.74) is 0.879. The Hall–Kier alpha value is -3.23. The van der Waals surface area contributed by atoms with Gasteiger partial charge < -0.3 is 30.1 Å². The van der Waals surface area contributed by atoms with E-state index in [2.05, 4.69) is 32.1 Å². The first-order valence-electron chi connectivity index (χ1n) is 10.4. The highest BCUT2D eigenvalue weighted by Gasteiger charge is 2.44. The molecule has 1 aromatic carbocycles. The molecule has 0 spiro atoms. The highest BCUT2D eigenvalue weighted by Crippen LogP contribution is 2.32. The third kappa shape index (κ3) is 4.51. The molecule has 0 amide bonds. The SMILES string of the molecule is CCCNc1nc(C#CCOc2ccccc2)nc2c1ncn2[C@@H]1O[C@H](CO)[C@@H](O)[C@H]1O. The normalized spacial score (nSPS) is 22.5. The zero-order valence-corrected chi connectivity index (χ0v) is 17.5. The van der Waals surface area contributed by atoms with Crippen LogP contribution in [0, 0.1) is 11.8 Å². The molecule has 1 aliphatic rings. The van der Waals surface area contributed by atoms with Gasteiger partial charge in [-0.25, -0.2) is 15.0 Å². The molecule has 0 radical (unpaired) electrons. The predicted octanol–water partition coefficient (Wildman–Crippen LogP) is 0.690. The lowest BCUT2D eigenvalue weighted by molar-refractivity contribution is -0.0511. The molecule has 4 atom stereocenters. The van der Waals surface area contributed by atoms with Crippen LogP contribution < -0.4 is 10.1 Å². The van der Waals surface area contributed by atoms with Gasteiger partial charge in [-0.1, -0.05) is 31.0 Å². The van der Waals surface area contributed by atoms with E-state index < -0.39 is 31.1 Å². The molecule has 4 rings (SSSR count). The Balaban J connectivity index is 1.64. The fraction of sp³-hybridized carbons (Fsp3) is 0.409. The van der Waals surface area contributed by atoms with Gasteiger partial charge in [0.25, 0.3) is 0 Å². The molecule has 4 N–H and O–H groups in total. The van der Waals surface area contributed by atoms with Gasteiger partial charge in [-0.3, -0.25) is 4.57 Å². The maximum atomic E-state index is 10.4. The van der Waals surface area contributed by atoms with Crippen LogP contribution in [0.3, 0.4) is 0 Å². The molecule has 0 bridgehead atoms. The fourth-order valence-electron chi connectivity index (χ4n) is 3.39. The standard InChI is InChI=1S/C22H25N5O5/c1-2-10-23-20-17-21(27(13-24-17)22-19(30)18(29)15(12-28)32-22)26-16(25-20)9-6-11-31-14-7-4-3-5-8-14/h3-5,7-8,13,15,18-19,22,28-30H,2,10-12H2,1H3,(H,23,25,26)/t15-,18-,19-,22-/m1/s1. The van der Waals surface area contributed by atoms with Crippen LogP contribution in [0.2, 0.25) is 0 Å². The average molecular weight is 439 g/mol. The van der Waals surface area contributed by atoms with Crippen molar-refractivity contribution in [1.29, 1.82) is 0 Å². The summed E-state index contributed by atoms with van der Waals surface area (Å²) in [6.07, 6.45) is -1.99. The lowest BCUT2D eigenvalue weighted by atomic mass is 10.1. The minimum atomic E-state index is -1.25. The van der Waals surface area contributed by atoms with Gasteiger partial charge in [0.15, 0.2) is 23.2 Å². The number of fused-ring (bicyclic) bond motifs is 1. The molecule has 1 aliphatic heterocycles. The van der Waals surface area contributed by atoms with Gasteiger partial charge in [0, 0.05) is 6.54 Å². The molecular formula is C22H25N5O5. The summed E-state index contributed by atoms with van der Waals surface area (Å²) >= 11 is 0. The highest BCUT2D eigenvalue weighted by atomic mass is 16.6. The first-order chi connectivity index (χ1) is 15.6. The zero-order chi connectivity index (χ0) is 22.5. The van der Waals surface area contributed by atoms with Crippen LogP contribution in [-0.2, 0) is 4.74 Å². The van der Waals surface area contributed by atoms with E-state index in [0.717, 1.165) is 6.42 Å². The van der Waals surface area contributed by atoms with Gasteiger partial charge >= 0.3 is 0 Å². The van der Waals surface area contributed by atoms with E-state index in [-0.39, 0.29) is 12.4 Å². The maximum absolute atomic E-state index is 10.4. The van der Waals surface area contributed by atoms with E-state index in [1.165, 1.54) is 10.9 Å². The van der Waals surface area contributed by atoms with E-state index in [1.807, 2.05) is 37.3 Å². The second-order valence-electron chi connectivity index (χ2n) is 7.28. The molecule has 0 unspecified atom stereocenters. The van der Waals surface area contributed by atoms with Crippen molar-refractivity contribution >= 4 is 17.0 Å². The third-order valence-corrected chi connectivity index (χ3v) is 5.01. The Labute approximate surface area is 184 Å². The van der Waals surface area contributed by atoms with Crippen LogP contribution in [0.25, 0.3) is 11.2 Å². The number of nitrogens with one attached hydrogen (secondary N) is 1. The topological polar surface area (TPSA) is 135 Å². The molecule has 3 aromatic rings. The zero-order valence-electron chi connectivity index (χ0n) is 17.5. The minimum absolute atomic E-state index is 0.164. The van der Waals surface area contributed by atoms with Crippen LogP contribution in [0.4, 0.5) is 5.82 Å². The molecule has 0 saturated carbocycles. The number of aliphatic hydroxyl groups is 3. The molecule has 2 aromatic heterocycles. The van der Waals surface area contributed by atoms with Crippen LogP contribution in [0.1, 0.15) is 25.4 Å². The van der Waals surface area contributed by atoms with Crippen LogP contribution in [0.5, 0.6) is 5.75 Å². The van der Waals surface area contributed by atoms with Crippen molar-refractivity contribution in [3.05, 3.63) is 42.5 Å². The molecule has 168 valence electrons. The molecular weight excluding hydrogens is 414 g/mol. The number of nitrogens with zero attached hydrogens (tertiary/aromatic N) is 4.